The lowest BCUT2D eigenvalue weighted by atomic mass is 9.55. The molecule has 3 aliphatic rings. The number of aromatic nitrogens is 1. The highest BCUT2D eigenvalue weighted by Crippen LogP contribution is 2.74. The van der Waals surface area contributed by atoms with Crippen LogP contribution in [0.2, 0.25) is 0 Å². The van der Waals surface area contributed by atoms with E-state index in [-0.39, 0.29) is 23.3 Å². The van der Waals surface area contributed by atoms with Gasteiger partial charge in [0.2, 0.25) is 5.89 Å². The van der Waals surface area contributed by atoms with E-state index in [9.17, 15) is 9.59 Å². The Morgan fingerprint density at radius 1 is 1.38 bits per heavy atom. The molecule has 5 atom stereocenters. The number of hydrogen-bond acceptors (Lipinski definition) is 6. The number of ether oxygens (including phenoxy) is 2. The summed E-state index contributed by atoms with van der Waals surface area (Å²) in [6, 6.07) is 0. The average molecular weight is 399 g/mol. The van der Waals surface area contributed by atoms with Gasteiger partial charge in [-0.2, -0.15) is 0 Å². The first-order valence-electron chi connectivity index (χ1n) is 10.6. The van der Waals surface area contributed by atoms with Gasteiger partial charge in [0.25, 0.3) is 0 Å². The minimum Gasteiger partial charge on any atom is -0.466 e. The molecule has 0 aromatic carbocycles. The monoisotopic (exact) mass is 399 g/mol. The average Bonchev–Trinajstić information content (AvgIpc) is 3.11. The smallest absolute Gasteiger partial charge is 0.306 e. The second kappa shape index (κ2) is 7.90. The van der Waals surface area contributed by atoms with Crippen molar-refractivity contribution in [3.63, 3.8) is 0 Å². The van der Waals surface area contributed by atoms with Gasteiger partial charge in [-0.25, -0.2) is 4.98 Å². The van der Waals surface area contributed by atoms with Crippen molar-refractivity contribution in [1.82, 2.24) is 4.98 Å². The quantitative estimate of drug-likeness (QED) is 0.251. The topological polar surface area (TPSA) is 81.9 Å². The van der Waals surface area contributed by atoms with Crippen molar-refractivity contribution in [2.45, 2.75) is 70.0 Å². The van der Waals surface area contributed by atoms with E-state index in [2.05, 4.69) is 17.6 Å². The molecule has 6 nitrogen and oxygen atoms in total. The Kier molecular flexibility index (Phi) is 5.47. The zero-order chi connectivity index (χ0) is 20.6. The molecule has 29 heavy (non-hydrogen) atoms. The van der Waals surface area contributed by atoms with E-state index in [1.165, 1.54) is 13.2 Å². The minimum absolute atomic E-state index is 0.0879. The van der Waals surface area contributed by atoms with Gasteiger partial charge < -0.3 is 13.9 Å². The van der Waals surface area contributed by atoms with E-state index in [0.717, 1.165) is 31.3 Å². The van der Waals surface area contributed by atoms with Gasteiger partial charge in [0.15, 0.2) is 5.78 Å². The number of Topliss-reactive ketones (excluding diaryl/α,β-unsaturated/α-hetero) is 1. The number of epoxide rings is 1. The molecule has 0 amide bonds. The molecule has 1 saturated heterocycles. The Labute approximate surface area is 171 Å². The predicted octanol–water partition coefficient (Wildman–Crippen LogP) is 4.37. The van der Waals surface area contributed by atoms with E-state index in [4.69, 9.17) is 13.9 Å². The van der Waals surface area contributed by atoms with Crippen LogP contribution in [0.4, 0.5) is 0 Å². The Morgan fingerprint density at radius 3 is 2.86 bits per heavy atom. The molecule has 2 saturated carbocycles. The zero-order valence-corrected chi connectivity index (χ0v) is 17.2. The molecule has 1 aliphatic heterocycles. The maximum atomic E-state index is 11.8. The largest absolute Gasteiger partial charge is 0.466 e. The van der Waals surface area contributed by atoms with E-state index in [1.807, 2.05) is 13.0 Å². The van der Waals surface area contributed by atoms with E-state index < -0.39 is 0 Å². The van der Waals surface area contributed by atoms with Crippen molar-refractivity contribution in [1.29, 1.82) is 0 Å². The lowest BCUT2D eigenvalue weighted by molar-refractivity contribution is -0.143. The van der Waals surface area contributed by atoms with Crippen molar-refractivity contribution in [3.8, 4) is 0 Å². The highest BCUT2D eigenvalue weighted by molar-refractivity contribution is 5.91. The molecular weight excluding hydrogens is 370 g/mol. The SMILES string of the molecule is C=CC(=CC[C@@H]1C(c2nc(C(C)=O)co2)[C@@]23O[C@@H]2CC[C@H]13)CCC(=O)OCCC. The molecule has 1 aromatic heterocycles. The third kappa shape index (κ3) is 3.48. The third-order valence-electron chi connectivity index (χ3n) is 6.69. The summed E-state index contributed by atoms with van der Waals surface area (Å²) in [6.45, 7) is 7.85. The Bertz CT molecular complexity index is 840. The number of rotatable bonds is 10. The van der Waals surface area contributed by atoms with Crippen LogP contribution in [0.1, 0.15) is 74.7 Å². The first-order valence-corrected chi connectivity index (χ1v) is 10.6. The fraction of sp³-hybridized carbons (Fsp3) is 0.609. The van der Waals surface area contributed by atoms with Crippen molar-refractivity contribution < 1.29 is 23.5 Å². The Morgan fingerprint density at radius 2 is 2.21 bits per heavy atom. The molecule has 0 bridgehead atoms. The normalized spacial score (nSPS) is 32.1. The van der Waals surface area contributed by atoms with Crippen LogP contribution in [-0.4, -0.2) is 35.0 Å². The van der Waals surface area contributed by atoms with Gasteiger partial charge >= 0.3 is 5.97 Å². The number of esters is 1. The van der Waals surface area contributed by atoms with Crippen LogP contribution in [0.15, 0.2) is 35.0 Å². The summed E-state index contributed by atoms with van der Waals surface area (Å²) in [5.41, 5.74) is 1.30. The van der Waals surface area contributed by atoms with Gasteiger partial charge in [0.05, 0.1) is 18.6 Å². The first-order chi connectivity index (χ1) is 14.0. The van der Waals surface area contributed by atoms with Crippen molar-refractivity contribution in [3.05, 3.63) is 42.2 Å². The molecule has 6 heteroatoms. The number of hydrogen-bond donors (Lipinski definition) is 0. The molecule has 1 aromatic rings. The molecule has 156 valence electrons. The molecule has 0 N–H and O–H groups in total. The Balaban J connectivity index is 1.43. The summed E-state index contributed by atoms with van der Waals surface area (Å²) in [5.74, 6) is 1.32. The number of carbonyl (C=O) groups is 2. The maximum absolute atomic E-state index is 11.8. The summed E-state index contributed by atoms with van der Waals surface area (Å²) in [5, 5.41) is 0. The van der Waals surface area contributed by atoms with Crippen LogP contribution in [-0.2, 0) is 14.3 Å². The molecule has 3 fully saturated rings. The summed E-state index contributed by atoms with van der Waals surface area (Å²) in [4.78, 5) is 27.8. The van der Waals surface area contributed by atoms with E-state index in [0.29, 0.717) is 49.0 Å². The van der Waals surface area contributed by atoms with Crippen molar-refractivity contribution >= 4 is 11.8 Å². The lowest BCUT2D eigenvalue weighted by Crippen LogP contribution is -2.51. The summed E-state index contributed by atoms with van der Waals surface area (Å²) in [7, 11) is 0. The first kappa shape index (κ1) is 20.1. The van der Waals surface area contributed by atoms with E-state index in [1.54, 1.807) is 0 Å². The molecular formula is C23H29NO5. The van der Waals surface area contributed by atoms with Crippen LogP contribution >= 0.6 is 0 Å². The fourth-order valence-electron chi connectivity index (χ4n) is 5.26. The second-order valence-electron chi connectivity index (χ2n) is 8.35. The molecule has 1 unspecified atom stereocenters. The van der Waals surface area contributed by atoms with Gasteiger partial charge in [0, 0.05) is 13.3 Å². The number of allylic oxidation sites excluding steroid dienone is 3. The van der Waals surface area contributed by atoms with E-state index >= 15 is 0 Å². The number of carbonyl (C=O) groups excluding carboxylic acids is 2. The number of ketones is 1. The third-order valence-corrected chi connectivity index (χ3v) is 6.69. The standard InChI is InChI=1S/C23H29NO5/c1-4-12-27-20(26)11-7-15(5-2)6-8-16-17-9-10-19-23(17,29-19)21(16)22-24-18(13-28-22)14(3)25/h5-6,13,16-17,19,21H,2,4,7-12H2,1,3H3/t16-,17+,19+,21?,23-/m0/s1. The second-order valence-corrected chi connectivity index (χ2v) is 8.35. The zero-order valence-electron chi connectivity index (χ0n) is 17.2. The molecule has 1 spiro atoms. The molecule has 2 heterocycles. The van der Waals surface area contributed by atoms with Gasteiger partial charge in [-0.05, 0) is 43.9 Å². The van der Waals surface area contributed by atoms with Crippen LogP contribution in [0, 0.1) is 11.8 Å². The van der Waals surface area contributed by atoms with Gasteiger partial charge in [-0.15, -0.1) is 0 Å². The van der Waals surface area contributed by atoms with Crippen LogP contribution in [0.5, 0.6) is 0 Å². The predicted molar refractivity (Wildman–Crippen MR) is 106 cm³/mol. The van der Waals surface area contributed by atoms with Crippen LogP contribution in [0.3, 0.4) is 0 Å². The highest BCUT2D eigenvalue weighted by Gasteiger charge is 2.80. The maximum Gasteiger partial charge on any atom is 0.306 e. The van der Waals surface area contributed by atoms with Crippen molar-refractivity contribution in [2.24, 2.45) is 11.8 Å². The summed E-state index contributed by atoms with van der Waals surface area (Å²) < 4.78 is 16.9. The van der Waals surface area contributed by atoms with Gasteiger partial charge in [-0.3, -0.25) is 9.59 Å². The fourth-order valence-corrected chi connectivity index (χ4v) is 5.26. The molecule has 0 radical (unpaired) electrons. The van der Waals surface area contributed by atoms with Crippen molar-refractivity contribution in [2.75, 3.05) is 6.61 Å². The minimum atomic E-state index is -0.165. The summed E-state index contributed by atoms with van der Waals surface area (Å²) in [6.07, 6.45) is 10.7. The van der Waals surface area contributed by atoms with Gasteiger partial charge in [-0.1, -0.05) is 31.2 Å². The number of oxazole rings is 1. The highest BCUT2D eigenvalue weighted by atomic mass is 16.6. The number of nitrogens with zero attached hydrogens (tertiary/aromatic N) is 1. The Hall–Kier alpha value is -2.21. The van der Waals surface area contributed by atoms with Crippen LogP contribution < -0.4 is 0 Å². The molecule has 2 aliphatic carbocycles. The lowest BCUT2D eigenvalue weighted by Gasteiger charge is -2.47. The molecule has 4 rings (SSSR count). The van der Waals surface area contributed by atoms with Crippen LogP contribution in [0.25, 0.3) is 0 Å². The van der Waals surface area contributed by atoms with Gasteiger partial charge in [0.1, 0.15) is 17.6 Å². The summed E-state index contributed by atoms with van der Waals surface area (Å²) >= 11 is 0.